The first-order valence-electron chi connectivity index (χ1n) is 8.49. The molecule has 1 rings (SSSR count). The van der Waals surface area contributed by atoms with Crippen molar-refractivity contribution in [3.8, 4) is 5.75 Å². The third-order valence-corrected chi connectivity index (χ3v) is 3.52. The lowest BCUT2D eigenvalue weighted by molar-refractivity contribution is -0.137. The predicted octanol–water partition coefficient (Wildman–Crippen LogP) is 0.805. The van der Waals surface area contributed by atoms with Gasteiger partial charge < -0.3 is 25.6 Å². The van der Waals surface area contributed by atoms with E-state index in [-0.39, 0.29) is 24.9 Å². The van der Waals surface area contributed by atoms with Crippen LogP contribution in [0.25, 0.3) is 0 Å². The van der Waals surface area contributed by atoms with Crippen LogP contribution in [0.1, 0.15) is 25.8 Å². The largest absolute Gasteiger partial charge is 0.491 e. The minimum atomic E-state index is -0.858. The Morgan fingerprint density at radius 1 is 1.20 bits per heavy atom. The average Bonchev–Trinajstić information content (AvgIpc) is 2.58. The number of nitrogens with one attached hydrogen (secondary N) is 2. The van der Waals surface area contributed by atoms with E-state index >= 15 is 0 Å². The van der Waals surface area contributed by atoms with E-state index in [9.17, 15) is 14.7 Å². The molecule has 0 radical (unpaired) electrons. The Labute approximate surface area is 148 Å². The monoisotopic (exact) mass is 352 g/mol. The summed E-state index contributed by atoms with van der Waals surface area (Å²) in [4.78, 5) is 22.1. The quantitative estimate of drug-likeness (QED) is 0.415. The number of rotatable bonds is 12. The molecule has 0 aliphatic heterocycles. The van der Waals surface area contributed by atoms with Crippen molar-refractivity contribution in [2.75, 3.05) is 26.2 Å². The molecule has 7 heteroatoms. The number of carboxylic acids is 1. The number of carboxylic acid groups (broad SMARTS) is 1. The number of ether oxygens (including phenoxy) is 1. The molecule has 140 valence electrons. The van der Waals surface area contributed by atoms with Crippen LogP contribution >= 0.6 is 0 Å². The molecule has 7 nitrogen and oxygen atoms in total. The zero-order chi connectivity index (χ0) is 18.7. The van der Waals surface area contributed by atoms with E-state index in [1.54, 1.807) is 6.07 Å². The Hall–Kier alpha value is -2.12. The Balaban J connectivity index is 2.26. The van der Waals surface area contributed by atoms with Crippen LogP contribution < -0.4 is 15.4 Å². The van der Waals surface area contributed by atoms with Crippen molar-refractivity contribution in [1.82, 2.24) is 10.6 Å². The van der Waals surface area contributed by atoms with Gasteiger partial charge in [0, 0.05) is 32.0 Å². The molecule has 4 N–H and O–H groups in total. The topological polar surface area (TPSA) is 108 Å². The molecule has 0 fully saturated rings. The van der Waals surface area contributed by atoms with Crippen LogP contribution in [0.3, 0.4) is 0 Å². The maximum Gasteiger partial charge on any atom is 0.303 e. The first-order valence-corrected chi connectivity index (χ1v) is 8.49. The van der Waals surface area contributed by atoms with Gasteiger partial charge in [0.05, 0.1) is 0 Å². The smallest absolute Gasteiger partial charge is 0.303 e. The number of aliphatic hydroxyl groups is 1. The Kier molecular flexibility index (Phi) is 9.57. The summed E-state index contributed by atoms with van der Waals surface area (Å²) in [5.41, 5.74) is 0.807. The number of aliphatic hydroxyl groups excluding tert-OH is 1. The Morgan fingerprint density at radius 2 is 1.92 bits per heavy atom. The van der Waals surface area contributed by atoms with Gasteiger partial charge >= 0.3 is 5.97 Å². The maximum absolute atomic E-state index is 11.4. The average molecular weight is 352 g/mol. The van der Waals surface area contributed by atoms with Gasteiger partial charge in [0.2, 0.25) is 5.91 Å². The number of hydrogen-bond donors (Lipinski definition) is 4. The molecular weight excluding hydrogens is 324 g/mol. The standard InChI is InChI=1S/C18H28N2O5/c1-13(2)18(24)20-10-9-19-11-15(21)12-25-16-6-4-3-5-14(16)7-8-17(22)23/h3-6,13,15,19,21H,7-12H2,1-2H3,(H,20,24)(H,22,23). The summed E-state index contributed by atoms with van der Waals surface area (Å²) < 4.78 is 5.61. The summed E-state index contributed by atoms with van der Waals surface area (Å²) in [5, 5.41) is 24.6. The fourth-order valence-corrected chi connectivity index (χ4v) is 2.08. The molecule has 0 aromatic heterocycles. The van der Waals surface area contributed by atoms with Crippen LogP contribution in [0.15, 0.2) is 24.3 Å². The highest BCUT2D eigenvalue weighted by atomic mass is 16.5. The van der Waals surface area contributed by atoms with Crippen LogP contribution in [0.5, 0.6) is 5.75 Å². The first-order chi connectivity index (χ1) is 11.9. The molecule has 1 unspecified atom stereocenters. The summed E-state index contributed by atoms with van der Waals surface area (Å²) >= 11 is 0. The number of carbonyl (C=O) groups excluding carboxylic acids is 1. The van der Waals surface area contributed by atoms with Crippen LogP contribution in [0.2, 0.25) is 0 Å². The van der Waals surface area contributed by atoms with Gasteiger partial charge in [-0.2, -0.15) is 0 Å². The van der Waals surface area contributed by atoms with Gasteiger partial charge in [0.1, 0.15) is 18.5 Å². The molecule has 0 saturated carbocycles. The van der Waals surface area contributed by atoms with Gasteiger partial charge in [-0.15, -0.1) is 0 Å². The molecule has 0 aliphatic rings. The van der Waals surface area contributed by atoms with E-state index in [4.69, 9.17) is 9.84 Å². The van der Waals surface area contributed by atoms with Crippen molar-refractivity contribution in [2.24, 2.45) is 5.92 Å². The van der Waals surface area contributed by atoms with Crippen molar-refractivity contribution in [2.45, 2.75) is 32.8 Å². The van der Waals surface area contributed by atoms with Gasteiger partial charge in [-0.3, -0.25) is 9.59 Å². The van der Waals surface area contributed by atoms with Crippen molar-refractivity contribution in [1.29, 1.82) is 0 Å². The summed E-state index contributed by atoms with van der Waals surface area (Å²) in [7, 11) is 0. The van der Waals surface area contributed by atoms with Crippen LogP contribution in [0, 0.1) is 5.92 Å². The minimum absolute atomic E-state index is 0.00338. The van der Waals surface area contributed by atoms with Gasteiger partial charge in [-0.05, 0) is 18.1 Å². The van der Waals surface area contributed by atoms with Crippen LogP contribution in [-0.4, -0.2) is 54.4 Å². The third-order valence-electron chi connectivity index (χ3n) is 3.52. The molecule has 0 heterocycles. The lowest BCUT2D eigenvalue weighted by atomic mass is 10.1. The summed E-state index contributed by atoms with van der Waals surface area (Å²) in [6.45, 7) is 5.17. The van der Waals surface area contributed by atoms with E-state index in [2.05, 4.69) is 10.6 Å². The summed E-state index contributed by atoms with van der Waals surface area (Å²) in [6, 6.07) is 7.22. The van der Waals surface area contributed by atoms with Gasteiger partial charge in [-0.25, -0.2) is 0 Å². The lowest BCUT2D eigenvalue weighted by Gasteiger charge is -2.15. The highest BCUT2D eigenvalue weighted by Gasteiger charge is 2.09. The van der Waals surface area contributed by atoms with E-state index in [0.29, 0.717) is 31.8 Å². The summed E-state index contributed by atoms with van der Waals surface area (Å²) in [5.74, 6) is -0.306. The fourth-order valence-electron chi connectivity index (χ4n) is 2.08. The van der Waals surface area contributed by atoms with Gasteiger partial charge in [-0.1, -0.05) is 32.0 Å². The number of para-hydroxylation sites is 1. The molecule has 1 aromatic carbocycles. The molecule has 1 amide bonds. The second-order valence-corrected chi connectivity index (χ2v) is 6.12. The predicted molar refractivity (Wildman–Crippen MR) is 94.6 cm³/mol. The molecule has 1 atom stereocenters. The van der Waals surface area contributed by atoms with Crippen LogP contribution in [0.4, 0.5) is 0 Å². The number of aliphatic carboxylic acids is 1. The molecule has 0 saturated heterocycles. The zero-order valence-electron chi connectivity index (χ0n) is 14.8. The van der Waals surface area contributed by atoms with Crippen molar-refractivity contribution >= 4 is 11.9 Å². The molecule has 1 aromatic rings. The van der Waals surface area contributed by atoms with Crippen LogP contribution in [-0.2, 0) is 16.0 Å². The zero-order valence-corrected chi connectivity index (χ0v) is 14.8. The second kappa shape index (κ2) is 11.4. The van der Waals surface area contributed by atoms with E-state index < -0.39 is 12.1 Å². The number of aryl methyl sites for hydroxylation is 1. The highest BCUT2D eigenvalue weighted by Crippen LogP contribution is 2.19. The highest BCUT2D eigenvalue weighted by molar-refractivity contribution is 5.77. The third kappa shape index (κ3) is 9.07. The fraction of sp³-hybridized carbons (Fsp3) is 0.556. The van der Waals surface area contributed by atoms with Crippen molar-refractivity contribution < 1.29 is 24.5 Å². The molecule has 0 aliphatic carbocycles. The number of hydrogen-bond acceptors (Lipinski definition) is 5. The minimum Gasteiger partial charge on any atom is -0.491 e. The number of amides is 1. The number of carbonyl (C=O) groups is 2. The number of benzene rings is 1. The lowest BCUT2D eigenvalue weighted by Crippen LogP contribution is -2.38. The van der Waals surface area contributed by atoms with Crippen molar-refractivity contribution in [3.63, 3.8) is 0 Å². The van der Waals surface area contributed by atoms with Crippen molar-refractivity contribution in [3.05, 3.63) is 29.8 Å². The second-order valence-electron chi connectivity index (χ2n) is 6.12. The Morgan fingerprint density at radius 3 is 2.60 bits per heavy atom. The van der Waals surface area contributed by atoms with Gasteiger partial charge in [0.25, 0.3) is 0 Å². The van der Waals surface area contributed by atoms with Gasteiger partial charge in [0.15, 0.2) is 0 Å². The van der Waals surface area contributed by atoms with E-state index in [1.165, 1.54) is 0 Å². The summed E-state index contributed by atoms with van der Waals surface area (Å²) in [6.07, 6.45) is -0.282. The van der Waals surface area contributed by atoms with E-state index in [1.807, 2.05) is 32.0 Å². The normalized spacial score (nSPS) is 12.0. The SMILES string of the molecule is CC(C)C(=O)NCCNCC(O)COc1ccccc1CCC(=O)O. The molecule has 0 spiro atoms. The Bertz CT molecular complexity index is 548. The maximum atomic E-state index is 11.4. The molecule has 0 bridgehead atoms. The molecule has 25 heavy (non-hydrogen) atoms. The first kappa shape index (κ1) is 20.9. The molecular formula is C18H28N2O5. The van der Waals surface area contributed by atoms with E-state index in [0.717, 1.165) is 5.56 Å².